The molecule has 0 aliphatic rings. The highest BCUT2D eigenvalue weighted by molar-refractivity contribution is 5.83. The number of phenolic OH excluding ortho intramolecular Hbond substituents is 2. The van der Waals surface area contributed by atoms with Gasteiger partial charge in [-0.05, 0) is 48.4 Å². The Balaban J connectivity index is 2.09. The van der Waals surface area contributed by atoms with Gasteiger partial charge in [0.25, 0.3) is 0 Å². The molecular formula is C15H13FN2O2. The van der Waals surface area contributed by atoms with Crippen molar-refractivity contribution in [3.8, 4) is 11.5 Å². The van der Waals surface area contributed by atoms with Gasteiger partial charge >= 0.3 is 0 Å². The zero-order valence-corrected chi connectivity index (χ0v) is 10.8. The maximum atomic E-state index is 13.4. The van der Waals surface area contributed by atoms with E-state index in [0.717, 1.165) is 17.2 Å². The van der Waals surface area contributed by atoms with E-state index in [1.165, 1.54) is 24.6 Å². The van der Waals surface area contributed by atoms with Crippen LogP contribution in [0.5, 0.6) is 11.5 Å². The molecule has 0 fully saturated rings. The van der Waals surface area contributed by atoms with Gasteiger partial charge < -0.3 is 10.2 Å². The number of hydrogen-bond donors (Lipinski definition) is 2. The van der Waals surface area contributed by atoms with Gasteiger partial charge in [-0.3, -0.25) is 0 Å². The summed E-state index contributed by atoms with van der Waals surface area (Å²) in [6.45, 7) is 1.78. The molecule has 0 bridgehead atoms. The summed E-state index contributed by atoms with van der Waals surface area (Å²) >= 11 is 0. The van der Waals surface area contributed by atoms with E-state index >= 15 is 0 Å². The minimum absolute atomic E-state index is 0.136. The Labute approximate surface area is 115 Å². The second kappa shape index (κ2) is 5.97. The number of aromatic hydroxyl groups is 2. The Bertz CT molecular complexity index is 682. The van der Waals surface area contributed by atoms with Crippen LogP contribution in [0, 0.1) is 12.7 Å². The predicted molar refractivity (Wildman–Crippen MR) is 76.1 cm³/mol. The van der Waals surface area contributed by atoms with Crippen molar-refractivity contribution in [2.75, 3.05) is 0 Å². The molecule has 0 aliphatic carbocycles. The van der Waals surface area contributed by atoms with Gasteiger partial charge in [-0.2, -0.15) is 10.2 Å². The van der Waals surface area contributed by atoms with Gasteiger partial charge in [0.1, 0.15) is 17.3 Å². The molecule has 0 radical (unpaired) electrons. The van der Waals surface area contributed by atoms with Crippen LogP contribution in [0.1, 0.15) is 16.7 Å². The van der Waals surface area contributed by atoms with Crippen molar-refractivity contribution in [1.29, 1.82) is 0 Å². The van der Waals surface area contributed by atoms with Crippen molar-refractivity contribution in [3.05, 3.63) is 58.9 Å². The van der Waals surface area contributed by atoms with E-state index in [1.807, 2.05) is 0 Å². The van der Waals surface area contributed by atoms with Gasteiger partial charge in [-0.15, -0.1) is 0 Å². The average Bonchev–Trinajstić information content (AvgIpc) is 2.40. The molecule has 0 heterocycles. The quantitative estimate of drug-likeness (QED) is 0.666. The summed E-state index contributed by atoms with van der Waals surface area (Å²) in [6, 6.07) is 8.82. The Morgan fingerprint density at radius 3 is 2.45 bits per heavy atom. The Hall–Kier alpha value is -2.69. The van der Waals surface area contributed by atoms with E-state index in [4.69, 9.17) is 5.11 Å². The van der Waals surface area contributed by atoms with Gasteiger partial charge in [-0.1, -0.05) is 0 Å². The zero-order chi connectivity index (χ0) is 14.5. The molecule has 2 aromatic rings. The first-order valence-electron chi connectivity index (χ1n) is 5.91. The van der Waals surface area contributed by atoms with E-state index in [1.54, 1.807) is 25.1 Å². The normalized spacial score (nSPS) is 11.5. The Morgan fingerprint density at radius 1 is 1.00 bits per heavy atom. The lowest BCUT2D eigenvalue weighted by Gasteiger charge is -1.98. The Morgan fingerprint density at radius 2 is 1.75 bits per heavy atom. The highest BCUT2D eigenvalue weighted by Crippen LogP contribution is 2.16. The fourth-order valence-corrected chi connectivity index (χ4v) is 1.58. The number of nitrogens with zero attached hydrogens (tertiary/aromatic N) is 2. The van der Waals surface area contributed by atoms with E-state index in [9.17, 15) is 9.50 Å². The largest absolute Gasteiger partial charge is 0.508 e. The monoisotopic (exact) mass is 272 g/mol. The number of halogens is 1. The summed E-state index contributed by atoms with van der Waals surface area (Å²) in [5.41, 5.74) is 1.76. The third kappa shape index (κ3) is 3.41. The van der Waals surface area contributed by atoms with Crippen LogP contribution in [0.3, 0.4) is 0 Å². The van der Waals surface area contributed by atoms with Gasteiger partial charge in [0.2, 0.25) is 0 Å². The molecule has 102 valence electrons. The van der Waals surface area contributed by atoms with E-state index < -0.39 is 5.82 Å². The maximum Gasteiger partial charge on any atom is 0.135 e. The molecule has 20 heavy (non-hydrogen) atoms. The highest BCUT2D eigenvalue weighted by Gasteiger charge is 1.99. The van der Waals surface area contributed by atoms with Gasteiger partial charge in [0.05, 0.1) is 12.4 Å². The summed E-state index contributed by atoms with van der Waals surface area (Å²) in [4.78, 5) is 0. The van der Waals surface area contributed by atoms with Crippen molar-refractivity contribution < 1.29 is 14.6 Å². The first-order valence-corrected chi connectivity index (χ1v) is 5.91. The summed E-state index contributed by atoms with van der Waals surface area (Å²) in [6.07, 6.45) is 2.76. The van der Waals surface area contributed by atoms with Crippen LogP contribution in [0.4, 0.5) is 4.39 Å². The van der Waals surface area contributed by atoms with Crippen molar-refractivity contribution in [2.24, 2.45) is 10.2 Å². The summed E-state index contributed by atoms with van der Waals surface area (Å²) in [7, 11) is 0. The van der Waals surface area contributed by atoms with E-state index in [-0.39, 0.29) is 17.1 Å². The fourth-order valence-electron chi connectivity index (χ4n) is 1.58. The van der Waals surface area contributed by atoms with E-state index in [0.29, 0.717) is 0 Å². The zero-order valence-electron chi connectivity index (χ0n) is 10.8. The smallest absolute Gasteiger partial charge is 0.135 e. The molecular weight excluding hydrogens is 259 g/mol. The topological polar surface area (TPSA) is 65.2 Å². The molecule has 5 heteroatoms. The molecule has 2 rings (SSSR count). The molecule has 0 saturated carbocycles. The molecule has 0 aromatic heterocycles. The predicted octanol–water partition coefficient (Wildman–Crippen LogP) is 3.00. The molecule has 0 aliphatic heterocycles. The van der Waals surface area contributed by atoms with Crippen LogP contribution in [0.15, 0.2) is 46.6 Å². The lowest BCUT2D eigenvalue weighted by atomic mass is 10.1. The van der Waals surface area contributed by atoms with Gasteiger partial charge in [0.15, 0.2) is 0 Å². The Kier molecular flexibility index (Phi) is 4.10. The summed E-state index contributed by atoms with van der Waals surface area (Å²) < 4.78 is 13.4. The lowest BCUT2D eigenvalue weighted by molar-refractivity contribution is 0.469. The molecule has 2 aromatic carbocycles. The van der Waals surface area contributed by atoms with Crippen LogP contribution < -0.4 is 0 Å². The van der Waals surface area contributed by atoms with Crippen molar-refractivity contribution in [2.45, 2.75) is 6.92 Å². The molecule has 0 spiro atoms. The second-order valence-corrected chi connectivity index (χ2v) is 4.24. The SMILES string of the molecule is Cc1cc(C=NN=Cc2ccc(O)cc2F)ccc1O. The third-order valence-corrected chi connectivity index (χ3v) is 2.68. The molecule has 4 nitrogen and oxygen atoms in total. The van der Waals surface area contributed by atoms with Gasteiger partial charge in [0, 0.05) is 11.6 Å². The van der Waals surface area contributed by atoms with Crippen molar-refractivity contribution in [3.63, 3.8) is 0 Å². The summed E-state index contributed by atoms with van der Waals surface area (Å²) in [5, 5.41) is 26.0. The molecule has 0 amide bonds. The lowest BCUT2D eigenvalue weighted by Crippen LogP contribution is -1.87. The first-order chi connectivity index (χ1) is 9.56. The molecule has 0 saturated heterocycles. The number of hydrogen-bond acceptors (Lipinski definition) is 4. The van der Waals surface area contributed by atoms with Crippen LogP contribution >= 0.6 is 0 Å². The molecule has 0 atom stereocenters. The second-order valence-electron chi connectivity index (χ2n) is 4.24. The number of phenols is 2. The third-order valence-electron chi connectivity index (χ3n) is 2.68. The minimum atomic E-state index is -0.565. The van der Waals surface area contributed by atoms with Crippen molar-refractivity contribution in [1.82, 2.24) is 0 Å². The van der Waals surface area contributed by atoms with Crippen LogP contribution in [0.25, 0.3) is 0 Å². The van der Waals surface area contributed by atoms with Crippen LogP contribution in [0.2, 0.25) is 0 Å². The van der Waals surface area contributed by atoms with Gasteiger partial charge in [-0.25, -0.2) is 4.39 Å². The number of benzene rings is 2. The van der Waals surface area contributed by atoms with Crippen LogP contribution in [-0.2, 0) is 0 Å². The molecule has 0 unspecified atom stereocenters. The average molecular weight is 272 g/mol. The first kappa shape index (κ1) is 13.7. The fraction of sp³-hybridized carbons (Fsp3) is 0.0667. The standard InChI is InChI=1S/C15H13FN2O2/c1-10-6-11(2-5-15(10)20)8-17-18-9-12-3-4-13(19)7-14(12)16/h2-9,19-20H,1H3. The maximum absolute atomic E-state index is 13.4. The minimum Gasteiger partial charge on any atom is -0.508 e. The summed E-state index contributed by atoms with van der Waals surface area (Å²) in [5.74, 6) is -0.482. The van der Waals surface area contributed by atoms with Crippen LogP contribution in [-0.4, -0.2) is 22.6 Å². The highest BCUT2D eigenvalue weighted by atomic mass is 19.1. The number of rotatable bonds is 3. The van der Waals surface area contributed by atoms with Crippen molar-refractivity contribution >= 4 is 12.4 Å². The number of aryl methyl sites for hydroxylation is 1. The molecule has 2 N–H and O–H groups in total. The van der Waals surface area contributed by atoms with E-state index in [2.05, 4.69) is 10.2 Å².